The van der Waals surface area contributed by atoms with E-state index in [1.807, 2.05) is 27.8 Å². The number of hydrogen-bond donors (Lipinski definition) is 1. The van der Waals surface area contributed by atoms with Crippen LogP contribution < -0.4 is 5.32 Å². The van der Waals surface area contributed by atoms with Crippen LogP contribution in [-0.2, 0) is 16.6 Å². The molecule has 0 aromatic carbocycles. The topological polar surface area (TPSA) is 56.2 Å². The van der Waals surface area contributed by atoms with Gasteiger partial charge in [-0.1, -0.05) is 19.8 Å². The van der Waals surface area contributed by atoms with Gasteiger partial charge in [-0.15, -0.1) is 0 Å². The van der Waals surface area contributed by atoms with Crippen LogP contribution >= 0.6 is 0 Å². The van der Waals surface area contributed by atoms with Crippen LogP contribution in [0.1, 0.15) is 50.8 Å². The molecule has 1 heterocycles. The quantitative estimate of drug-likeness (QED) is 0.928. The van der Waals surface area contributed by atoms with E-state index in [4.69, 9.17) is 4.74 Å². The Morgan fingerprint density at radius 2 is 2.14 bits per heavy atom. The average molecular weight is 293 g/mol. The van der Waals surface area contributed by atoms with Gasteiger partial charge in [0.25, 0.3) is 5.91 Å². The maximum atomic E-state index is 12.3. The normalized spacial score (nSPS) is 23.9. The molecule has 1 amide bonds. The molecule has 0 radical (unpaired) electrons. The Kier molecular flexibility index (Phi) is 5.04. The van der Waals surface area contributed by atoms with Crippen molar-refractivity contribution in [2.24, 2.45) is 13.0 Å². The van der Waals surface area contributed by atoms with Crippen molar-refractivity contribution in [1.82, 2.24) is 9.78 Å². The van der Waals surface area contributed by atoms with E-state index in [1.54, 1.807) is 4.68 Å². The lowest BCUT2D eigenvalue weighted by atomic mass is 9.88. The number of anilines is 1. The second-order valence-corrected chi connectivity index (χ2v) is 6.34. The molecule has 1 aromatic heterocycles. The van der Waals surface area contributed by atoms with E-state index in [0.717, 1.165) is 29.9 Å². The Labute approximate surface area is 127 Å². The minimum Gasteiger partial charge on any atom is -0.365 e. The fourth-order valence-electron chi connectivity index (χ4n) is 3.01. The minimum atomic E-state index is -0.435. The molecule has 3 atom stereocenters. The van der Waals surface area contributed by atoms with Gasteiger partial charge in [0, 0.05) is 12.6 Å². The minimum absolute atomic E-state index is 0.0978. The van der Waals surface area contributed by atoms with E-state index in [0.29, 0.717) is 5.92 Å². The molecule has 0 bridgehead atoms. The summed E-state index contributed by atoms with van der Waals surface area (Å²) >= 11 is 0. The Balaban J connectivity index is 1.93. The monoisotopic (exact) mass is 293 g/mol. The highest BCUT2D eigenvalue weighted by Gasteiger charge is 2.25. The highest BCUT2D eigenvalue weighted by molar-refractivity contribution is 5.93. The number of hydrogen-bond acceptors (Lipinski definition) is 3. The lowest BCUT2D eigenvalue weighted by molar-refractivity contribution is -0.131. The van der Waals surface area contributed by atoms with Crippen molar-refractivity contribution in [1.29, 1.82) is 0 Å². The molecule has 1 aromatic rings. The van der Waals surface area contributed by atoms with E-state index in [1.165, 1.54) is 12.8 Å². The lowest BCUT2D eigenvalue weighted by Crippen LogP contribution is -2.34. The smallest absolute Gasteiger partial charge is 0.254 e. The van der Waals surface area contributed by atoms with Crippen molar-refractivity contribution in [3.63, 3.8) is 0 Å². The van der Waals surface area contributed by atoms with E-state index < -0.39 is 6.10 Å². The van der Waals surface area contributed by atoms with Gasteiger partial charge < -0.3 is 10.1 Å². The summed E-state index contributed by atoms with van der Waals surface area (Å²) in [7, 11) is 1.84. The van der Waals surface area contributed by atoms with Gasteiger partial charge in [-0.3, -0.25) is 9.48 Å². The molecule has 5 nitrogen and oxygen atoms in total. The Hall–Kier alpha value is -1.36. The van der Waals surface area contributed by atoms with Gasteiger partial charge in [-0.2, -0.15) is 5.10 Å². The fraction of sp³-hybridized carbons (Fsp3) is 0.750. The average Bonchev–Trinajstić information content (AvgIpc) is 2.65. The standard InChI is InChI=1S/C16H27N3O2/c1-10-7-6-8-14(9-10)21-13(4)16(20)17-15-11(2)12(3)18-19(15)5/h10,13-14H,6-9H2,1-5H3,(H,17,20)/t10-,13-,14+/m1/s1. The maximum Gasteiger partial charge on any atom is 0.254 e. The van der Waals surface area contributed by atoms with E-state index in [-0.39, 0.29) is 12.0 Å². The summed E-state index contributed by atoms with van der Waals surface area (Å²) in [6.45, 7) is 7.98. The number of rotatable bonds is 4. The molecule has 1 aliphatic rings. The highest BCUT2D eigenvalue weighted by Crippen LogP contribution is 2.26. The van der Waals surface area contributed by atoms with Crippen molar-refractivity contribution >= 4 is 11.7 Å². The largest absolute Gasteiger partial charge is 0.365 e. The van der Waals surface area contributed by atoms with Crippen molar-refractivity contribution < 1.29 is 9.53 Å². The predicted octanol–water partition coefficient (Wildman–Crippen LogP) is 2.96. The SMILES string of the molecule is Cc1nn(C)c(NC(=O)[C@@H](C)O[C@H]2CCC[C@@H](C)C2)c1C. The molecule has 1 N–H and O–H groups in total. The summed E-state index contributed by atoms with van der Waals surface area (Å²) in [6.07, 6.45) is 4.36. The van der Waals surface area contributed by atoms with Gasteiger partial charge in [0.15, 0.2) is 0 Å². The van der Waals surface area contributed by atoms with Crippen LogP contribution in [0.25, 0.3) is 0 Å². The van der Waals surface area contributed by atoms with Crippen molar-refractivity contribution in [2.45, 2.75) is 65.6 Å². The zero-order chi connectivity index (χ0) is 15.6. The summed E-state index contributed by atoms with van der Waals surface area (Å²) in [5.41, 5.74) is 1.94. The zero-order valence-electron chi connectivity index (χ0n) is 13.8. The van der Waals surface area contributed by atoms with Gasteiger partial charge in [-0.25, -0.2) is 0 Å². The molecule has 5 heteroatoms. The number of nitrogens with one attached hydrogen (secondary N) is 1. The number of aryl methyl sites for hydroxylation is 2. The number of carbonyl (C=O) groups excluding carboxylic acids is 1. The zero-order valence-corrected chi connectivity index (χ0v) is 13.8. The summed E-state index contributed by atoms with van der Waals surface area (Å²) in [4.78, 5) is 12.3. The molecule has 0 aliphatic heterocycles. The van der Waals surface area contributed by atoms with Crippen molar-refractivity contribution in [3.05, 3.63) is 11.3 Å². The Morgan fingerprint density at radius 3 is 2.71 bits per heavy atom. The Bertz CT molecular complexity index is 510. The number of nitrogens with zero attached hydrogens (tertiary/aromatic N) is 2. The van der Waals surface area contributed by atoms with Crippen LogP contribution in [0, 0.1) is 19.8 Å². The van der Waals surface area contributed by atoms with Crippen molar-refractivity contribution in [3.8, 4) is 0 Å². The maximum absolute atomic E-state index is 12.3. The van der Waals surface area contributed by atoms with Gasteiger partial charge in [-0.05, 0) is 39.5 Å². The summed E-state index contributed by atoms with van der Waals surface area (Å²) in [6, 6.07) is 0. The molecular formula is C16H27N3O2. The van der Waals surface area contributed by atoms with E-state index in [9.17, 15) is 4.79 Å². The second-order valence-electron chi connectivity index (χ2n) is 6.34. The third-order valence-electron chi connectivity index (χ3n) is 4.42. The predicted molar refractivity (Wildman–Crippen MR) is 83.3 cm³/mol. The first-order valence-electron chi connectivity index (χ1n) is 7.85. The molecule has 2 rings (SSSR count). The van der Waals surface area contributed by atoms with Crippen LogP contribution in [-0.4, -0.2) is 27.9 Å². The molecule has 118 valence electrons. The molecule has 1 saturated carbocycles. The number of carbonyl (C=O) groups is 1. The number of amides is 1. The summed E-state index contributed by atoms with van der Waals surface area (Å²) < 4.78 is 7.65. The van der Waals surface area contributed by atoms with Crippen LogP contribution in [0.2, 0.25) is 0 Å². The molecular weight excluding hydrogens is 266 g/mol. The second kappa shape index (κ2) is 6.60. The van der Waals surface area contributed by atoms with Crippen molar-refractivity contribution in [2.75, 3.05) is 5.32 Å². The van der Waals surface area contributed by atoms with E-state index in [2.05, 4.69) is 17.3 Å². The molecule has 1 aliphatic carbocycles. The van der Waals surface area contributed by atoms with Gasteiger partial charge in [0.2, 0.25) is 0 Å². The van der Waals surface area contributed by atoms with Crippen LogP contribution in [0.3, 0.4) is 0 Å². The van der Waals surface area contributed by atoms with E-state index >= 15 is 0 Å². The van der Waals surface area contributed by atoms with Gasteiger partial charge >= 0.3 is 0 Å². The van der Waals surface area contributed by atoms with Crippen LogP contribution in [0.15, 0.2) is 0 Å². The number of ether oxygens (including phenoxy) is 1. The molecule has 1 fully saturated rings. The Morgan fingerprint density at radius 1 is 1.43 bits per heavy atom. The number of aromatic nitrogens is 2. The molecule has 0 spiro atoms. The first-order valence-corrected chi connectivity index (χ1v) is 7.85. The van der Waals surface area contributed by atoms with Gasteiger partial charge in [0.1, 0.15) is 11.9 Å². The molecule has 0 unspecified atom stereocenters. The first-order chi connectivity index (χ1) is 9.88. The highest BCUT2D eigenvalue weighted by atomic mass is 16.5. The summed E-state index contributed by atoms with van der Waals surface area (Å²) in [5, 5.41) is 7.25. The third-order valence-corrected chi connectivity index (χ3v) is 4.42. The summed E-state index contributed by atoms with van der Waals surface area (Å²) in [5.74, 6) is 1.35. The van der Waals surface area contributed by atoms with Gasteiger partial charge in [0.05, 0.1) is 11.8 Å². The molecule has 0 saturated heterocycles. The molecule has 21 heavy (non-hydrogen) atoms. The van der Waals surface area contributed by atoms with Crippen LogP contribution in [0.5, 0.6) is 0 Å². The fourth-order valence-corrected chi connectivity index (χ4v) is 3.01. The van der Waals surface area contributed by atoms with Crippen LogP contribution in [0.4, 0.5) is 5.82 Å². The lowest BCUT2D eigenvalue weighted by Gasteiger charge is -2.29. The first kappa shape index (κ1) is 16.0. The third kappa shape index (κ3) is 3.84.